The lowest BCUT2D eigenvalue weighted by atomic mass is 9.94. The Morgan fingerprint density at radius 3 is 2.96 bits per heavy atom. The van der Waals surface area contributed by atoms with Crippen molar-refractivity contribution in [3.8, 4) is 0 Å². The molecule has 0 aliphatic carbocycles. The van der Waals surface area contributed by atoms with Crippen LogP contribution in [-0.4, -0.2) is 42.4 Å². The summed E-state index contributed by atoms with van der Waals surface area (Å²) in [5.74, 6) is 0.154. The third kappa shape index (κ3) is 5.33. The standard InChI is InChI=1S/C22H32N2O3/c1-22(2)15-18(11-13-27-22)23-21(25)10-6-7-17-16-24(12-14-26-3)20-9-5-4-8-19(17)20/h4-5,8-9,16,18H,6-7,10-15H2,1-3H3,(H,23,25)/t18-/m1/s1. The number of benzene rings is 1. The highest BCUT2D eigenvalue weighted by Gasteiger charge is 2.29. The minimum Gasteiger partial charge on any atom is -0.383 e. The molecule has 1 aromatic heterocycles. The van der Waals surface area contributed by atoms with Crippen LogP contribution in [0.15, 0.2) is 30.5 Å². The van der Waals surface area contributed by atoms with Crippen LogP contribution in [0.2, 0.25) is 0 Å². The smallest absolute Gasteiger partial charge is 0.220 e. The first-order chi connectivity index (χ1) is 13.0. The average Bonchev–Trinajstić information content (AvgIpc) is 2.97. The highest BCUT2D eigenvalue weighted by Crippen LogP contribution is 2.25. The summed E-state index contributed by atoms with van der Waals surface area (Å²) in [6.45, 7) is 6.44. The van der Waals surface area contributed by atoms with Crippen molar-refractivity contribution in [2.45, 2.75) is 64.1 Å². The van der Waals surface area contributed by atoms with Crippen molar-refractivity contribution in [2.75, 3.05) is 20.3 Å². The number of carbonyl (C=O) groups excluding carboxylic acids is 1. The quantitative estimate of drug-likeness (QED) is 0.769. The van der Waals surface area contributed by atoms with Gasteiger partial charge in [0.25, 0.3) is 0 Å². The predicted octanol–water partition coefficient (Wildman–Crippen LogP) is 3.68. The van der Waals surface area contributed by atoms with Gasteiger partial charge in [-0.2, -0.15) is 0 Å². The molecule has 3 rings (SSSR count). The monoisotopic (exact) mass is 372 g/mol. The summed E-state index contributed by atoms with van der Waals surface area (Å²) in [4.78, 5) is 12.3. The first kappa shape index (κ1) is 19.9. The maximum Gasteiger partial charge on any atom is 0.220 e. The minimum atomic E-state index is -0.139. The number of fused-ring (bicyclic) bond motifs is 1. The van der Waals surface area contributed by atoms with Crippen molar-refractivity contribution in [1.82, 2.24) is 9.88 Å². The normalized spacial score (nSPS) is 19.3. The molecule has 1 fully saturated rings. The zero-order valence-electron chi connectivity index (χ0n) is 16.8. The van der Waals surface area contributed by atoms with Gasteiger partial charge in [-0.3, -0.25) is 4.79 Å². The van der Waals surface area contributed by atoms with E-state index in [0.717, 1.165) is 38.8 Å². The Kier molecular flexibility index (Phi) is 6.55. The number of hydrogen-bond donors (Lipinski definition) is 1. The Bertz CT molecular complexity index is 766. The van der Waals surface area contributed by atoms with Gasteiger partial charge in [-0.25, -0.2) is 0 Å². The molecule has 0 spiro atoms. The largest absolute Gasteiger partial charge is 0.383 e. The Morgan fingerprint density at radius 1 is 1.37 bits per heavy atom. The van der Waals surface area contributed by atoms with Crippen LogP contribution in [-0.2, 0) is 27.2 Å². The number of aromatic nitrogens is 1. The molecule has 0 bridgehead atoms. The number of ether oxygens (including phenoxy) is 2. The van der Waals surface area contributed by atoms with Gasteiger partial charge >= 0.3 is 0 Å². The molecule has 2 heterocycles. The fraction of sp³-hybridized carbons (Fsp3) is 0.591. The van der Waals surface area contributed by atoms with E-state index in [-0.39, 0.29) is 17.6 Å². The van der Waals surface area contributed by atoms with Gasteiger partial charge in [0.15, 0.2) is 0 Å². The Morgan fingerprint density at radius 2 is 2.19 bits per heavy atom. The lowest BCUT2D eigenvalue weighted by Crippen LogP contribution is -2.45. The fourth-order valence-electron chi connectivity index (χ4n) is 3.99. The summed E-state index contributed by atoms with van der Waals surface area (Å²) < 4.78 is 13.2. The zero-order chi connectivity index (χ0) is 19.3. The molecule has 1 saturated heterocycles. The number of amides is 1. The number of rotatable bonds is 8. The molecule has 0 saturated carbocycles. The number of hydrogen-bond acceptors (Lipinski definition) is 3. The number of carbonyl (C=O) groups is 1. The van der Waals surface area contributed by atoms with Crippen molar-refractivity contribution < 1.29 is 14.3 Å². The van der Waals surface area contributed by atoms with E-state index < -0.39 is 0 Å². The minimum absolute atomic E-state index is 0.139. The van der Waals surface area contributed by atoms with Gasteiger partial charge in [0.1, 0.15) is 0 Å². The summed E-state index contributed by atoms with van der Waals surface area (Å²) in [6.07, 6.45) is 6.33. The van der Waals surface area contributed by atoms with E-state index in [0.29, 0.717) is 13.0 Å². The van der Waals surface area contributed by atoms with Gasteiger partial charge in [-0.15, -0.1) is 0 Å². The molecular weight excluding hydrogens is 340 g/mol. The second-order valence-corrected chi connectivity index (χ2v) is 8.08. The fourth-order valence-corrected chi connectivity index (χ4v) is 3.99. The number of methoxy groups -OCH3 is 1. The van der Waals surface area contributed by atoms with Crippen molar-refractivity contribution in [3.05, 3.63) is 36.0 Å². The summed E-state index contributed by atoms with van der Waals surface area (Å²) in [7, 11) is 1.73. The topological polar surface area (TPSA) is 52.5 Å². The van der Waals surface area contributed by atoms with Crippen molar-refractivity contribution in [1.29, 1.82) is 0 Å². The Hall–Kier alpha value is -1.85. The van der Waals surface area contributed by atoms with Crippen LogP contribution in [0.3, 0.4) is 0 Å². The molecule has 1 N–H and O–H groups in total. The van der Waals surface area contributed by atoms with Gasteiger partial charge in [0, 0.05) is 49.8 Å². The molecule has 148 valence electrons. The van der Waals surface area contributed by atoms with Crippen LogP contribution >= 0.6 is 0 Å². The molecule has 1 aromatic carbocycles. The summed E-state index contributed by atoms with van der Waals surface area (Å²) >= 11 is 0. The average molecular weight is 373 g/mol. The van der Waals surface area contributed by atoms with Crippen molar-refractivity contribution in [3.63, 3.8) is 0 Å². The van der Waals surface area contributed by atoms with E-state index in [9.17, 15) is 4.79 Å². The lowest BCUT2D eigenvalue weighted by molar-refractivity contribution is -0.124. The maximum atomic E-state index is 12.3. The van der Waals surface area contributed by atoms with Gasteiger partial charge in [0.2, 0.25) is 5.91 Å². The van der Waals surface area contributed by atoms with E-state index in [1.165, 1.54) is 16.5 Å². The number of nitrogens with zero attached hydrogens (tertiary/aromatic N) is 1. The van der Waals surface area contributed by atoms with Crippen molar-refractivity contribution >= 4 is 16.8 Å². The summed E-state index contributed by atoms with van der Waals surface area (Å²) in [5.41, 5.74) is 2.40. The molecule has 1 aliphatic heterocycles. The first-order valence-electron chi connectivity index (χ1n) is 9.97. The molecular formula is C22H32N2O3. The molecule has 1 aliphatic rings. The molecule has 27 heavy (non-hydrogen) atoms. The first-order valence-corrected chi connectivity index (χ1v) is 9.97. The second kappa shape index (κ2) is 8.89. The highest BCUT2D eigenvalue weighted by atomic mass is 16.5. The van der Waals surface area contributed by atoms with Gasteiger partial charge in [-0.1, -0.05) is 18.2 Å². The number of para-hydroxylation sites is 1. The van der Waals surface area contributed by atoms with Crippen LogP contribution in [0.1, 0.15) is 45.1 Å². The SMILES string of the molecule is COCCn1cc(CCCC(=O)N[C@@H]2CCOC(C)(C)C2)c2ccccc21. The van der Waals surface area contributed by atoms with Crippen molar-refractivity contribution in [2.24, 2.45) is 0 Å². The molecule has 0 unspecified atom stereocenters. The summed E-state index contributed by atoms with van der Waals surface area (Å²) in [6, 6.07) is 8.69. The highest BCUT2D eigenvalue weighted by molar-refractivity contribution is 5.84. The molecule has 1 atom stereocenters. The number of aryl methyl sites for hydroxylation is 1. The van der Waals surface area contributed by atoms with E-state index in [2.05, 4.69) is 54.2 Å². The van der Waals surface area contributed by atoms with Crippen LogP contribution in [0.4, 0.5) is 0 Å². The maximum absolute atomic E-state index is 12.3. The summed E-state index contributed by atoms with van der Waals surface area (Å²) in [5, 5.41) is 4.47. The molecule has 1 amide bonds. The third-order valence-electron chi connectivity index (χ3n) is 5.32. The van der Waals surface area contributed by atoms with E-state index in [4.69, 9.17) is 9.47 Å². The Balaban J connectivity index is 1.53. The van der Waals surface area contributed by atoms with Crippen LogP contribution in [0.25, 0.3) is 10.9 Å². The van der Waals surface area contributed by atoms with E-state index in [1.54, 1.807) is 7.11 Å². The van der Waals surface area contributed by atoms with E-state index in [1.807, 2.05) is 0 Å². The van der Waals surface area contributed by atoms with Crippen LogP contribution in [0, 0.1) is 0 Å². The molecule has 2 aromatic rings. The molecule has 0 radical (unpaired) electrons. The van der Waals surface area contributed by atoms with Gasteiger partial charge in [-0.05, 0) is 51.2 Å². The number of nitrogens with one attached hydrogen (secondary N) is 1. The second-order valence-electron chi connectivity index (χ2n) is 8.08. The predicted molar refractivity (Wildman–Crippen MR) is 108 cm³/mol. The van der Waals surface area contributed by atoms with Crippen LogP contribution in [0.5, 0.6) is 0 Å². The van der Waals surface area contributed by atoms with Gasteiger partial charge < -0.3 is 19.4 Å². The van der Waals surface area contributed by atoms with Gasteiger partial charge in [0.05, 0.1) is 12.2 Å². The lowest BCUT2D eigenvalue weighted by Gasteiger charge is -2.35. The van der Waals surface area contributed by atoms with E-state index >= 15 is 0 Å². The van der Waals surface area contributed by atoms with Crippen LogP contribution < -0.4 is 5.32 Å². The molecule has 5 nitrogen and oxygen atoms in total. The molecule has 5 heteroatoms. The third-order valence-corrected chi connectivity index (χ3v) is 5.32. The Labute approximate surface area is 162 Å². The zero-order valence-corrected chi connectivity index (χ0v) is 16.8.